The number of benzene rings is 1. The maximum atomic E-state index is 13.3. The van der Waals surface area contributed by atoms with Crippen molar-refractivity contribution in [3.63, 3.8) is 0 Å². The van der Waals surface area contributed by atoms with Crippen molar-refractivity contribution < 1.29 is 13.5 Å². The Kier molecular flexibility index (Phi) is 11.0. The van der Waals surface area contributed by atoms with E-state index >= 15 is 0 Å². The van der Waals surface area contributed by atoms with E-state index < -0.39 is 0 Å². The Morgan fingerprint density at radius 1 is 1.07 bits per heavy atom. The molecule has 1 aliphatic heterocycles. The minimum Gasteiger partial charge on any atom is -0.469 e. The lowest BCUT2D eigenvalue weighted by molar-refractivity contribution is 0.0394. The molecular weight excluding hydrogens is 486 g/mol. The average Bonchev–Trinajstić information content (AvgIpc) is 3.22. The van der Waals surface area contributed by atoms with Gasteiger partial charge in [0.15, 0.2) is 5.96 Å². The molecule has 0 atom stereocenters. The summed E-state index contributed by atoms with van der Waals surface area (Å²) in [5.74, 6) is 1.52. The zero-order valence-corrected chi connectivity index (χ0v) is 18.9. The molecule has 29 heavy (non-hydrogen) atoms. The normalized spacial score (nSPS) is 15.0. The first-order valence-electron chi connectivity index (χ1n) is 9.89. The molecule has 1 aromatic heterocycles. The molecule has 1 saturated heterocycles. The van der Waals surface area contributed by atoms with Crippen LogP contribution in [-0.4, -0.2) is 63.3 Å². The van der Waals surface area contributed by atoms with Crippen molar-refractivity contribution in [2.75, 3.05) is 52.5 Å². The topological polar surface area (TPSA) is 62.0 Å². The van der Waals surface area contributed by atoms with Gasteiger partial charge in [0.2, 0.25) is 0 Å². The SMILES string of the molecule is Fc1cccc(CCNC(=NCCN2CCOCC2)NCCc2ccco2)c1.I. The second-order valence-electron chi connectivity index (χ2n) is 6.75. The highest BCUT2D eigenvalue weighted by molar-refractivity contribution is 14.0. The van der Waals surface area contributed by atoms with Crippen molar-refractivity contribution >= 4 is 29.9 Å². The van der Waals surface area contributed by atoms with Gasteiger partial charge in [0.25, 0.3) is 0 Å². The summed E-state index contributed by atoms with van der Waals surface area (Å²) in [5, 5.41) is 6.70. The molecule has 0 spiro atoms. The summed E-state index contributed by atoms with van der Waals surface area (Å²) < 4.78 is 24.1. The van der Waals surface area contributed by atoms with E-state index in [9.17, 15) is 4.39 Å². The number of nitrogens with one attached hydrogen (secondary N) is 2. The maximum Gasteiger partial charge on any atom is 0.191 e. The van der Waals surface area contributed by atoms with Crippen LogP contribution in [0.3, 0.4) is 0 Å². The molecule has 2 aromatic rings. The fourth-order valence-electron chi connectivity index (χ4n) is 3.08. The Balaban J connectivity index is 0.00000300. The highest BCUT2D eigenvalue weighted by atomic mass is 127. The predicted molar refractivity (Wildman–Crippen MR) is 123 cm³/mol. The number of furan rings is 1. The second kappa shape index (κ2) is 13.6. The number of aliphatic imine (C=N–C) groups is 1. The molecule has 6 nitrogen and oxygen atoms in total. The van der Waals surface area contributed by atoms with Gasteiger partial charge in [-0.1, -0.05) is 12.1 Å². The number of halogens is 2. The first-order chi connectivity index (χ1) is 13.8. The molecule has 0 bridgehead atoms. The number of rotatable bonds is 9. The summed E-state index contributed by atoms with van der Waals surface area (Å²) in [6.07, 6.45) is 3.21. The van der Waals surface area contributed by atoms with E-state index in [-0.39, 0.29) is 29.8 Å². The number of nitrogens with zero attached hydrogens (tertiary/aromatic N) is 2. The third-order valence-corrected chi connectivity index (χ3v) is 4.63. The number of hydrogen-bond acceptors (Lipinski definition) is 4. The van der Waals surface area contributed by atoms with Crippen LogP contribution in [0.2, 0.25) is 0 Å². The van der Waals surface area contributed by atoms with Crippen molar-refractivity contribution in [2.24, 2.45) is 4.99 Å². The molecule has 1 fully saturated rings. The summed E-state index contributed by atoms with van der Waals surface area (Å²) in [6.45, 7) is 6.57. The molecule has 160 valence electrons. The smallest absolute Gasteiger partial charge is 0.191 e. The average molecular weight is 516 g/mol. The third kappa shape index (κ3) is 9.14. The van der Waals surface area contributed by atoms with Crippen molar-refractivity contribution in [2.45, 2.75) is 12.8 Å². The van der Waals surface area contributed by atoms with Gasteiger partial charge in [-0.05, 0) is 36.2 Å². The first kappa shape index (κ1) is 23.6. The van der Waals surface area contributed by atoms with Crippen LogP contribution in [0.5, 0.6) is 0 Å². The van der Waals surface area contributed by atoms with Gasteiger partial charge in [-0.2, -0.15) is 0 Å². The molecule has 0 saturated carbocycles. The van der Waals surface area contributed by atoms with Gasteiger partial charge < -0.3 is 19.8 Å². The molecule has 8 heteroatoms. The van der Waals surface area contributed by atoms with Gasteiger partial charge in [-0.3, -0.25) is 9.89 Å². The van der Waals surface area contributed by atoms with Crippen molar-refractivity contribution in [3.05, 3.63) is 59.8 Å². The summed E-state index contributed by atoms with van der Waals surface area (Å²) in [4.78, 5) is 7.05. The van der Waals surface area contributed by atoms with Gasteiger partial charge >= 0.3 is 0 Å². The fourth-order valence-corrected chi connectivity index (χ4v) is 3.08. The second-order valence-corrected chi connectivity index (χ2v) is 6.75. The van der Waals surface area contributed by atoms with Crippen LogP contribution >= 0.6 is 24.0 Å². The lowest BCUT2D eigenvalue weighted by atomic mass is 10.1. The molecule has 2 N–H and O–H groups in total. The van der Waals surface area contributed by atoms with E-state index in [2.05, 4.69) is 15.5 Å². The molecule has 0 amide bonds. The Bertz CT molecular complexity index is 721. The van der Waals surface area contributed by atoms with E-state index in [1.54, 1.807) is 18.4 Å². The van der Waals surface area contributed by atoms with Crippen LogP contribution in [0.4, 0.5) is 4.39 Å². The highest BCUT2D eigenvalue weighted by Gasteiger charge is 2.09. The number of morpholine rings is 1. The minimum atomic E-state index is -0.200. The van der Waals surface area contributed by atoms with Gasteiger partial charge in [-0.15, -0.1) is 24.0 Å². The van der Waals surface area contributed by atoms with Crippen LogP contribution in [-0.2, 0) is 17.6 Å². The summed E-state index contributed by atoms with van der Waals surface area (Å²) in [7, 11) is 0. The van der Waals surface area contributed by atoms with Crippen LogP contribution < -0.4 is 10.6 Å². The Morgan fingerprint density at radius 2 is 1.86 bits per heavy atom. The standard InChI is InChI=1S/C21H29FN4O2.HI/c22-19-4-1-3-18(17-19)6-8-23-21(24-9-7-20-5-2-14-28-20)25-10-11-26-12-15-27-16-13-26;/h1-5,14,17H,6-13,15-16H2,(H2,23,24,25);1H. The van der Waals surface area contributed by atoms with E-state index in [0.717, 1.165) is 76.1 Å². The zero-order valence-electron chi connectivity index (χ0n) is 16.6. The first-order valence-corrected chi connectivity index (χ1v) is 9.89. The van der Waals surface area contributed by atoms with Crippen molar-refractivity contribution in [1.82, 2.24) is 15.5 Å². The fraction of sp³-hybridized carbons (Fsp3) is 0.476. The molecule has 3 rings (SSSR count). The minimum absolute atomic E-state index is 0. The van der Waals surface area contributed by atoms with Gasteiger partial charge in [0, 0.05) is 39.1 Å². The highest BCUT2D eigenvalue weighted by Crippen LogP contribution is 2.03. The Labute approximate surface area is 188 Å². The molecular formula is C21H30FIN4O2. The number of guanidine groups is 1. The number of hydrogen-bond donors (Lipinski definition) is 2. The molecule has 2 heterocycles. The molecule has 1 aromatic carbocycles. The Hall–Kier alpha value is -1.65. The molecule has 0 aliphatic carbocycles. The Morgan fingerprint density at radius 3 is 2.59 bits per heavy atom. The third-order valence-electron chi connectivity index (χ3n) is 4.63. The molecule has 1 aliphatic rings. The van der Waals surface area contributed by atoms with E-state index in [1.165, 1.54) is 6.07 Å². The van der Waals surface area contributed by atoms with Crippen LogP contribution in [0, 0.1) is 5.82 Å². The van der Waals surface area contributed by atoms with Gasteiger partial charge in [-0.25, -0.2) is 4.39 Å². The largest absolute Gasteiger partial charge is 0.469 e. The number of ether oxygens (including phenoxy) is 1. The van der Waals surface area contributed by atoms with Crippen molar-refractivity contribution in [1.29, 1.82) is 0 Å². The van der Waals surface area contributed by atoms with E-state index in [1.807, 2.05) is 18.2 Å². The van der Waals surface area contributed by atoms with E-state index in [0.29, 0.717) is 6.54 Å². The predicted octanol–water partition coefficient (Wildman–Crippen LogP) is 2.69. The quantitative estimate of drug-likeness (QED) is 0.305. The lowest BCUT2D eigenvalue weighted by Gasteiger charge is -2.25. The lowest BCUT2D eigenvalue weighted by Crippen LogP contribution is -2.41. The van der Waals surface area contributed by atoms with Crippen LogP contribution in [0.25, 0.3) is 0 Å². The van der Waals surface area contributed by atoms with Crippen LogP contribution in [0.15, 0.2) is 52.1 Å². The monoisotopic (exact) mass is 516 g/mol. The van der Waals surface area contributed by atoms with Gasteiger partial charge in [0.1, 0.15) is 11.6 Å². The maximum absolute atomic E-state index is 13.3. The summed E-state index contributed by atoms with van der Waals surface area (Å²) in [5.41, 5.74) is 0.968. The summed E-state index contributed by atoms with van der Waals surface area (Å²) >= 11 is 0. The van der Waals surface area contributed by atoms with Gasteiger partial charge in [0.05, 0.1) is 26.0 Å². The zero-order chi connectivity index (χ0) is 19.4. The van der Waals surface area contributed by atoms with Crippen molar-refractivity contribution in [3.8, 4) is 0 Å². The molecule has 0 unspecified atom stereocenters. The molecule has 0 radical (unpaired) electrons. The summed E-state index contributed by atoms with van der Waals surface area (Å²) in [6, 6.07) is 10.6. The van der Waals surface area contributed by atoms with E-state index in [4.69, 9.17) is 14.1 Å². The van der Waals surface area contributed by atoms with Crippen LogP contribution in [0.1, 0.15) is 11.3 Å².